The number of hydrogen-bond acceptors (Lipinski definition) is 4. The summed E-state index contributed by atoms with van der Waals surface area (Å²) in [6, 6.07) is 1.13. The van der Waals surface area contributed by atoms with Gasteiger partial charge in [-0.05, 0) is 0 Å². The number of aliphatic carboxylic acids is 1. The third-order valence-corrected chi connectivity index (χ3v) is 2.77. The summed E-state index contributed by atoms with van der Waals surface area (Å²) in [5.41, 5.74) is 0. The lowest BCUT2D eigenvalue weighted by atomic mass is 10.1. The number of nitriles is 1. The lowest BCUT2D eigenvalue weighted by Crippen LogP contribution is -2.53. The van der Waals surface area contributed by atoms with Crippen molar-refractivity contribution in [3.63, 3.8) is 0 Å². The van der Waals surface area contributed by atoms with Crippen LogP contribution in [-0.4, -0.2) is 59.0 Å². The van der Waals surface area contributed by atoms with Crippen molar-refractivity contribution in [1.82, 2.24) is 9.80 Å². The summed E-state index contributed by atoms with van der Waals surface area (Å²) in [5, 5.41) is 17.5. The van der Waals surface area contributed by atoms with E-state index in [1.165, 1.54) is 6.92 Å². The number of rotatable bonds is 3. The molecule has 1 heterocycles. The van der Waals surface area contributed by atoms with E-state index >= 15 is 0 Å². The molecule has 1 rings (SSSR count). The van der Waals surface area contributed by atoms with E-state index in [0.717, 1.165) is 0 Å². The first-order valence-corrected chi connectivity index (χ1v) is 5.15. The summed E-state index contributed by atoms with van der Waals surface area (Å²) in [7, 11) is 0. The van der Waals surface area contributed by atoms with Gasteiger partial charge in [-0.1, -0.05) is 0 Å². The Hall–Kier alpha value is -1.61. The number of hydrogen-bond donors (Lipinski definition) is 1. The topological polar surface area (TPSA) is 84.6 Å². The van der Waals surface area contributed by atoms with Crippen molar-refractivity contribution < 1.29 is 14.7 Å². The summed E-state index contributed by atoms with van der Waals surface area (Å²) in [6.07, 6.45) is -0.0184. The van der Waals surface area contributed by atoms with Gasteiger partial charge in [0.05, 0.1) is 12.5 Å². The molecule has 1 aliphatic rings. The highest BCUT2D eigenvalue weighted by atomic mass is 16.4. The van der Waals surface area contributed by atoms with Gasteiger partial charge in [-0.2, -0.15) is 5.26 Å². The second kappa shape index (κ2) is 5.47. The number of nitrogens with zero attached hydrogens (tertiary/aromatic N) is 3. The fraction of sp³-hybridized carbons (Fsp3) is 0.700. The average molecular weight is 225 g/mol. The number of carbonyl (C=O) groups is 2. The summed E-state index contributed by atoms with van der Waals surface area (Å²) in [5.74, 6) is -0.968. The van der Waals surface area contributed by atoms with Gasteiger partial charge in [0.25, 0.3) is 0 Å². The van der Waals surface area contributed by atoms with E-state index in [1.54, 1.807) is 9.80 Å². The minimum Gasteiger partial charge on any atom is -0.480 e. The van der Waals surface area contributed by atoms with E-state index in [4.69, 9.17) is 10.4 Å². The Morgan fingerprint density at radius 3 is 2.31 bits per heavy atom. The van der Waals surface area contributed by atoms with Crippen LogP contribution in [0.15, 0.2) is 0 Å². The monoisotopic (exact) mass is 225 g/mol. The first-order chi connectivity index (χ1) is 7.56. The first kappa shape index (κ1) is 12.5. The number of carboxylic acids is 1. The summed E-state index contributed by atoms with van der Waals surface area (Å²) in [4.78, 5) is 25.4. The van der Waals surface area contributed by atoms with Crippen LogP contribution in [-0.2, 0) is 9.59 Å². The fourth-order valence-electron chi connectivity index (χ4n) is 1.81. The molecule has 1 unspecified atom stereocenters. The van der Waals surface area contributed by atoms with Crippen LogP contribution in [0.2, 0.25) is 0 Å². The molecule has 0 spiro atoms. The van der Waals surface area contributed by atoms with Gasteiger partial charge in [0.1, 0.15) is 6.04 Å². The molecule has 1 aliphatic heterocycles. The Morgan fingerprint density at radius 1 is 1.38 bits per heavy atom. The molecular weight excluding hydrogens is 210 g/mol. The van der Waals surface area contributed by atoms with E-state index in [2.05, 4.69) is 0 Å². The lowest BCUT2D eigenvalue weighted by molar-refractivity contribution is -0.144. The molecule has 16 heavy (non-hydrogen) atoms. The van der Waals surface area contributed by atoms with Crippen LogP contribution in [0.25, 0.3) is 0 Å². The summed E-state index contributed by atoms with van der Waals surface area (Å²) >= 11 is 0. The molecule has 0 aromatic rings. The third kappa shape index (κ3) is 2.94. The maximum absolute atomic E-state index is 11.1. The Morgan fingerprint density at radius 2 is 1.94 bits per heavy atom. The van der Waals surface area contributed by atoms with Crippen LogP contribution >= 0.6 is 0 Å². The van der Waals surface area contributed by atoms with Gasteiger partial charge in [-0.15, -0.1) is 0 Å². The van der Waals surface area contributed by atoms with Gasteiger partial charge in [0, 0.05) is 33.1 Å². The second-order valence-corrected chi connectivity index (χ2v) is 3.76. The molecule has 0 saturated carbocycles. The number of carboxylic acid groups (broad SMARTS) is 1. The zero-order chi connectivity index (χ0) is 12.1. The van der Waals surface area contributed by atoms with Crippen LogP contribution in [0.4, 0.5) is 0 Å². The van der Waals surface area contributed by atoms with Gasteiger partial charge >= 0.3 is 5.97 Å². The van der Waals surface area contributed by atoms with Crippen molar-refractivity contribution in [2.24, 2.45) is 0 Å². The highest BCUT2D eigenvalue weighted by Gasteiger charge is 2.29. The summed E-state index contributed by atoms with van der Waals surface area (Å²) < 4.78 is 0. The third-order valence-electron chi connectivity index (χ3n) is 2.77. The van der Waals surface area contributed by atoms with Crippen molar-refractivity contribution >= 4 is 11.9 Å². The predicted octanol–water partition coefficient (Wildman–Crippen LogP) is -0.483. The van der Waals surface area contributed by atoms with E-state index in [9.17, 15) is 9.59 Å². The SMILES string of the molecule is CC(=O)N1CCN(C(CC#N)C(=O)O)CC1. The minimum atomic E-state index is -0.974. The molecule has 1 N–H and O–H groups in total. The van der Waals surface area contributed by atoms with Gasteiger partial charge in [-0.25, -0.2) is 0 Å². The number of carbonyl (C=O) groups excluding carboxylic acids is 1. The van der Waals surface area contributed by atoms with Crippen molar-refractivity contribution in [2.75, 3.05) is 26.2 Å². The van der Waals surface area contributed by atoms with Crippen LogP contribution in [0, 0.1) is 11.3 Å². The average Bonchev–Trinajstić information content (AvgIpc) is 2.25. The Kier molecular flexibility index (Phi) is 4.26. The Labute approximate surface area is 94.0 Å². The summed E-state index contributed by atoms with van der Waals surface area (Å²) in [6.45, 7) is 3.59. The van der Waals surface area contributed by atoms with Gasteiger partial charge < -0.3 is 10.0 Å². The van der Waals surface area contributed by atoms with Gasteiger partial charge in [0.15, 0.2) is 0 Å². The predicted molar refractivity (Wildman–Crippen MR) is 55.5 cm³/mol. The van der Waals surface area contributed by atoms with E-state index < -0.39 is 12.0 Å². The standard InChI is InChI=1S/C10H15N3O3/c1-8(14)12-4-6-13(7-5-12)9(2-3-11)10(15)16/h9H,2,4-7H2,1H3,(H,15,16). The zero-order valence-corrected chi connectivity index (χ0v) is 9.22. The number of piperazine rings is 1. The molecule has 0 bridgehead atoms. The van der Waals surface area contributed by atoms with Crippen molar-refractivity contribution in [3.8, 4) is 6.07 Å². The Balaban J connectivity index is 2.54. The van der Waals surface area contributed by atoms with Crippen LogP contribution in [0.1, 0.15) is 13.3 Å². The molecule has 1 fully saturated rings. The zero-order valence-electron chi connectivity index (χ0n) is 9.22. The quantitative estimate of drug-likeness (QED) is 0.701. The normalized spacial score (nSPS) is 18.9. The smallest absolute Gasteiger partial charge is 0.321 e. The highest BCUT2D eigenvalue weighted by Crippen LogP contribution is 2.09. The highest BCUT2D eigenvalue weighted by molar-refractivity contribution is 5.74. The molecule has 1 saturated heterocycles. The van der Waals surface area contributed by atoms with Crippen molar-refractivity contribution in [1.29, 1.82) is 5.26 Å². The van der Waals surface area contributed by atoms with Crippen LogP contribution in [0.3, 0.4) is 0 Å². The molecule has 1 atom stereocenters. The molecule has 0 radical (unpaired) electrons. The molecule has 0 aliphatic carbocycles. The molecule has 1 amide bonds. The number of amides is 1. The van der Waals surface area contributed by atoms with Crippen molar-refractivity contribution in [2.45, 2.75) is 19.4 Å². The maximum Gasteiger partial charge on any atom is 0.321 e. The minimum absolute atomic E-state index is 0.00630. The molecule has 6 nitrogen and oxygen atoms in total. The van der Waals surface area contributed by atoms with Crippen LogP contribution < -0.4 is 0 Å². The Bertz CT molecular complexity index is 316. The molecule has 88 valence electrons. The maximum atomic E-state index is 11.1. The lowest BCUT2D eigenvalue weighted by Gasteiger charge is -2.36. The van der Waals surface area contributed by atoms with Gasteiger partial charge in [-0.3, -0.25) is 14.5 Å². The molecule has 6 heteroatoms. The second-order valence-electron chi connectivity index (χ2n) is 3.76. The van der Waals surface area contributed by atoms with E-state index in [0.29, 0.717) is 26.2 Å². The largest absolute Gasteiger partial charge is 0.480 e. The molecular formula is C10H15N3O3. The fourth-order valence-corrected chi connectivity index (χ4v) is 1.81. The first-order valence-electron chi connectivity index (χ1n) is 5.15. The molecule has 0 aromatic carbocycles. The molecule has 0 aromatic heterocycles. The van der Waals surface area contributed by atoms with E-state index in [1.807, 2.05) is 6.07 Å². The van der Waals surface area contributed by atoms with Gasteiger partial charge in [0.2, 0.25) is 5.91 Å². The van der Waals surface area contributed by atoms with Crippen molar-refractivity contribution in [3.05, 3.63) is 0 Å². The van der Waals surface area contributed by atoms with E-state index in [-0.39, 0.29) is 12.3 Å². The van der Waals surface area contributed by atoms with Crippen LogP contribution in [0.5, 0.6) is 0 Å².